The summed E-state index contributed by atoms with van der Waals surface area (Å²) in [6.07, 6.45) is 2.37. The van der Waals surface area contributed by atoms with E-state index in [-0.39, 0.29) is 11.6 Å². The Balaban J connectivity index is 2.83. The highest BCUT2D eigenvalue weighted by Crippen LogP contribution is 2.25. The van der Waals surface area contributed by atoms with Gasteiger partial charge in [-0.2, -0.15) is 10.5 Å². The Labute approximate surface area is 110 Å². The van der Waals surface area contributed by atoms with Crippen molar-refractivity contribution in [1.29, 1.82) is 10.5 Å². The van der Waals surface area contributed by atoms with Gasteiger partial charge in [-0.05, 0) is 19.1 Å². The standard InChI is InChI=1S/C11H14N4O2S/c1-18-10(8(5-12)6-13)15-4-2-3-9(7-15)14-11(16)17/h9,14H,2-4,7H2,1H3,(H,16,17)/t9-/m1/s1. The quantitative estimate of drug-likeness (QED) is 0.748. The van der Waals surface area contributed by atoms with Gasteiger partial charge in [0.05, 0.1) is 5.03 Å². The summed E-state index contributed by atoms with van der Waals surface area (Å²) in [7, 11) is 0. The SMILES string of the molecule is CSC(=C(C#N)C#N)N1CCC[C@@H](NC(=O)O)C1. The topological polar surface area (TPSA) is 100 Å². The van der Waals surface area contributed by atoms with Crippen LogP contribution in [0.25, 0.3) is 0 Å². The van der Waals surface area contributed by atoms with Gasteiger partial charge in [0.15, 0.2) is 5.57 Å². The van der Waals surface area contributed by atoms with Gasteiger partial charge in [-0.15, -0.1) is 11.8 Å². The molecule has 0 bridgehead atoms. The van der Waals surface area contributed by atoms with Crippen molar-refractivity contribution < 1.29 is 9.90 Å². The predicted molar refractivity (Wildman–Crippen MR) is 67.5 cm³/mol. The highest BCUT2D eigenvalue weighted by molar-refractivity contribution is 8.02. The number of nitrogens with one attached hydrogen (secondary N) is 1. The van der Waals surface area contributed by atoms with E-state index in [2.05, 4.69) is 5.32 Å². The average Bonchev–Trinajstić information content (AvgIpc) is 2.35. The molecule has 6 nitrogen and oxygen atoms in total. The van der Waals surface area contributed by atoms with Crippen molar-refractivity contribution in [3.05, 3.63) is 10.6 Å². The number of amides is 1. The monoisotopic (exact) mass is 266 g/mol. The molecule has 18 heavy (non-hydrogen) atoms. The first-order valence-corrected chi connectivity index (χ1v) is 6.67. The lowest BCUT2D eigenvalue weighted by atomic mass is 10.1. The van der Waals surface area contributed by atoms with Crippen LogP contribution in [0.4, 0.5) is 4.79 Å². The molecule has 1 saturated heterocycles. The van der Waals surface area contributed by atoms with E-state index in [1.165, 1.54) is 11.8 Å². The lowest BCUT2D eigenvalue weighted by Gasteiger charge is -2.35. The zero-order valence-corrected chi connectivity index (χ0v) is 10.8. The van der Waals surface area contributed by atoms with Gasteiger partial charge < -0.3 is 15.3 Å². The van der Waals surface area contributed by atoms with E-state index in [0.29, 0.717) is 11.6 Å². The van der Waals surface area contributed by atoms with Gasteiger partial charge >= 0.3 is 6.09 Å². The van der Waals surface area contributed by atoms with Crippen LogP contribution in [0, 0.1) is 22.7 Å². The maximum atomic E-state index is 10.6. The molecule has 1 aliphatic heterocycles. The van der Waals surface area contributed by atoms with E-state index < -0.39 is 6.09 Å². The van der Waals surface area contributed by atoms with E-state index in [0.717, 1.165) is 19.4 Å². The molecule has 0 spiro atoms. The van der Waals surface area contributed by atoms with Gasteiger partial charge in [0.1, 0.15) is 12.1 Å². The van der Waals surface area contributed by atoms with Crippen molar-refractivity contribution >= 4 is 17.9 Å². The van der Waals surface area contributed by atoms with Crippen LogP contribution in [-0.2, 0) is 0 Å². The maximum absolute atomic E-state index is 10.6. The van der Waals surface area contributed by atoms with E-state index >= 15 is 0 Å². The van der Waals surface area contributed by atoms with Crippen LogP contribution in [0.1, 0.15) is 12.8 Å². The molecule has 1 heterocycles. The minimum Gasteiger partial charge on any atom is -0.465 e. The van der Waals surface area contributed by atoms with Crippen LogP contribution >= 0.6 is 11.8 Å². The molecule has 7 heteroatoms. The molecule has 96 valence electrons. The minimum absolute atomic E-state index is 0.0819. The van der Waals surface area contributed by atoms with Crippen LogP contribution in [0.3, 0.4) is 0 Å². The van der Waals surface area contributed by atoms with Gasteiger partial charge in [0, 0.05) is 19.1 Å². The second kappa shape index (κ2) is 6.77. The fourth-order valence-corrected chi connectivity index (χ4v) is 2.68. The Kier molecular flexibility index (Phi) is 5.34. The third kappa shape index (κ3) is 3.57. The Morgan fingerprint density at radius 3 is 2.67 bits per heavy atom. The predicted octanol–water partition coefficient (Wildman–Crippen LogP) is 1.34. The van der Waals surface area contributed by atoms with Gasteiger partial charge in [0.2, 0.25) is 0 Å². The lowest BCUT2D eigenvalue weighted by Crippen LogP contribution is -2.46. The van der Waals surface area contributed by atoms with Gasteiger partial charge in [0.25, 0.3) is 0 Å². The molecule has 1 fully saturated rings. The first-order chi connectivity index (χ1) is 8.62. The fourth-order valence-electron chi connectivity index (χ4n) is 1.96. The van der Waals surface area contributed by atoms with Crippen molar-refractivity contribution in [3.63, 3.8) is 0 Å². The zero-order valence-electron chi connectivity index (χ0n) is 10.0. The number of hydrogen-bond acceptors (Lipinski definition) is 5. The number of carbonyl (C=O) groups is 1. The molecule has 2 N–H and O–H groups in total. The first kappa shape index (κ1) is 14.2. The third-order valence-corrected chi connectivity index (χ3v) is 3.52. The minimum atomic E-state index is -1.04. The number of piperidine rings is 1. The molecule has 0 aromatic carbocycles. The Hall–Kier alpha value is -1.86. The number of rotatable bonds is 3. The largest absolute Gasteiger partial charge is 0.465 e. The number of hydrogen-bond donors (Lipinski definition) is 2. The second-order valence-corrected chi connectivity index (χ2v) is 4.64. The molecule has 1 rings (SSSR count). The summed E-state index contributed by atoms with van der Waals surface area (Å²) >= 11 is 1.34. The molecular formula is C11H14N4O2S. The van der Waals surface area contributed by atoms with Crippen molar-refractivity contribution in [1.82, 2.24) is 10.2 Å². The molecule has 0 aromatic heterocycles. The highest BCUT2D eigenvalue weighted by atomic mass is 32.2. The molecule has 0 aliphatic carbocycles. The molecule has 0 aromatic rings. The van der Waals surface area contributed by atoms with Crippen LogP contribution in [-0.4, -0.2) is 41.5 Å². The Morgan fingerprint density at radius 2 is 2.17 bits per heavy atom. The van der Waals surface area contributed by atoms with E-state index in [9.17, 15) is 4.79 Å². The van der Waals surface area contributed by atoms with Crippen LogP contribution in [0.5, 0.6) is 0 Å². The lowest BCUT2D eigenvalue weighted by molar-refractivity contribution is 0.177. The molecule has 0 saturated carbocycles. The van der Waals surface area contributed by atoms with E-state index in [1.807, 2.05) is 17.0 Å². The number of carboxylic acid groups (broad SMARTS) is 1. The van der Waals surface area contributed by atoms with Crippen LogP contribution in [0.15, 0.2) is 10.6 Å². The summed E-state index contributed by atoms with van der Waals surface area (Å²) in [5.74, 6) is 0. The molecule has 1 aliphatic rings. The molecular weight excluding hydrogens is 252 g/mol. The highest BCUT2D eigenvalue weighted by Gasteiger charge is 2.24. The third-order valence-electron chi connectivity index (χ3n) is 2.67. The van der Waals surface area contributed by atoms with Crippen molar-refractivity contribution in [2.75, 3.05) is 19.3 Å². The van der Waals surface area contributed by atoms with Crippen molar-refractivity contribution in [2.45, 2.75) is 18.9 Å². The molecule has 1 amide bonds. The zero-order chi connectivity index (χ0) is 13.5. The summed E-state index contributed by atoms with van der Waals surface area (Å²) in [4.78, 5) is 12.5. The Morgan fingerprint density at radius 1 is 1.50 bits per heavy atom. The van der Waals surface area contributed by atoms with Crippen LogP contribution in [0.2, 0.25) is 0 Å². The van der Waals surface area contributed by atoms with Gasteiger partial charge in [-0.3, -0.25) is 0 Å². The van der Waals surface area contributed by atoms with E-state index in [4.69, 9.17) is 15.6 Å². The summed E-state index contributed by atoms with van der Waals surface area (Å²) in [6.45, 7) is 1.23. The maximum Gasteiger partial charge on any atom is 0.404 e. The van der Waals surface area contributed by atoms with Gasteiger partial charge in [-0.1, -0.05) is 0 Å². The fraction of sp³-hybridized carbons (Fsp3) is 0.545. The number of allylic oxidation sites excluding steroid dienone is 1. The normalized spacial score (nSPS) is 18.4. The molecule has 0 radical (unpaired) electrons. The molecule has 0 unspecified atom stereocenters. The summed E-state index contributed by atoms with van der Waals surface area (Å²) in [5, 5.41) is 29.5. The number of likely N-dealkylation sites (tertiary alicyclic amines) is 1. The Bertz CT molecular complexity index is 419. The number of nitriles is 2. The van der Waals surface area contributed by atoms with Crippen molar-refractivity contribution in [2.24, 2.45) is 0 Å². The second-order valence-electron chi connectivity index (χ2n) is 3.84. The summed E-state index contributed by atoms with van der Waals surface area (Å²) < 4.78 is 0. The summed E-state index contributed by atoms with van der Waals surface area (Å²) in [6, 6.07) is 3.59. The van der Waals surface area contributed by atoms with Crippen molar-refractivity contribution in [3.8, 4) is 12.1 Å². The number of nitrogens with zero attached hydrogens (tertiary/aromatic N) is 3. The average molecular weight is 266 g/mol. The van der Waals surface area contributed by atoms with E-state index in [1.54, 1.807) is 6.26 Å². The molecule has 1 atom stereocenters. The van der Waals surface area contributed by atoms with Gasteiger partial charge in [-0.25, -0.2) is 4.79 Å². The number of thioether (sulfide) groups is 1. The van der Waals surface area contributed by atoms with Crippen LogP contribution < -0.4 is 5.32 Å². The first-order valence-electron chi connectivity index (χ1n) is 5.45. The smallest absolute Gasteiger partial charge is 0.404 e. The summed E-state index contributed by atoms with van der Waals surface area (Å²) in [5.41, 5.74) is 0.0819.